The Bertz CT molecular complexity index is 329. The topological polar surface area (TPSA) is 57.6 Å². The molecule has 90 valence electrons. The molecular formula is C11H17NO3S. The highest BCUT2D eigenvalue weighted by Crippen LogP contribution is 2.43. The first-order valence-corrected chi connectivity index (χ1v) is 6.67. The Hall–Kier alpha value is -0.710. The van der Waals surface area contributed by atoms with Crippen LogP contribution in [-0.2, 0) is 9.59 Å². The van der Waals surface area contributed by atoms with Crippen LogP contribution in [0.25, 0.3) is 0 Å². The van der Waals surface area contributed by atoms with E-state index in [9.17, 15) is 14.7 Å². The van der Waals surface area contributed by atoms with Gasteiger partial charge in [-0.25, -0.2) is 4.79 Å². The molecule has 0 bridgehead atoms. The zero-order valence-corrected chi connectivity index (χ0v) is 10.4. The van der Waals surface area contributed by atoms with Crippen molar-refractivity contribution in [3.05, 3.63) is 0 Å². The largest absolute Gasteiger partial charge is 0.479 e. The Morgan fingerprint density at radius 2 is 2.06 bits per heavy atom. The molecule has 2 fully saturated rings. The standard InChI is InChI=1S/C11H17NO3S/c1-7-5-11(6-16-7,10(14)15)12(8(2)13)9-3-4-9/h7,9H,3-6H2,1-2H3,(H,14,15). The number of carboxylic acid groups (broad SMARTS) is 1. The van der Waals surface area contributed by atoms with Gasteiger partial charge < -0.3 is 10.0 Å². The zero-order valence-electron chi connectivity index (χ0n) is 9.60. The summed E-state index contributed by atoms with van der Waals surface area (Å²) in [4.78, 5) is 24.9. The Kier molecular flexibility index (Phi) is 2.90. The van der Waals surface area contributed by atoms with Gasteiger partial charge in [0.1, 0.15) is 0 Å². The first-order valence-electron chi connectivity index (χ1n) is 5.62. The molecule has 1 heterocycles. The average molecular weight is 243 g/mol. The fraction of sp³-hybridized carbons (Fsp3) is 0.818. The van der Waals surface area contributed by atoms with Gasteiger partial charge in [-0.05, 0) is 19.3 Å². The molecular weight excluding hydrogens is 226 g/mol. The molecule has 1 saturated carbocycles. The van der Waals surface area contributed by atoms with Crippen LogP contribution in [0, 0.1) is 0 Å². The average Bonchev–Trinajstić information content (AvgIpc) is 2.90. The molecule has 1 amide bonds. The Morgan fingerprint density at radius 1 is 1.44 bits per heavy atom. The van der Waals surface area contributed by atoms with E-state index in [4.69, 9.17) is 0 Å². The molecule has 1 saturated heterocycles. The minimum atomic E-state index is -0.947. The van der Waals surface area contributed by atoms with E-state index >= 15 is 0 Å². The fourth-order valence-corrected chi connectivity index (χ4v) is 3.87. The molecule has 2 atom stereocenters. The summed E-state index contributed by atoms with van der Waals surface area (Å²) in [7, 11) is 0. The molecule has 16 heavy (non-hydrogen) atoms. The normalized spacial score (nSPS) is 33.8. The molecule has 5 heteroatoms. The van der Waals surface area contributed by atoms with Gasteiger partial charge in [0, 0.05) is 24.0 Å². The number of carboxylic acids is 1. The lowest BCUT2D eigenvalue weighted by atomic mass is 9.93. The summed E-state index contributed by atoms with van der Waals surface area (Å²) < 4.78 is 0. The van der Waals surface area contributed by atoms with Crippen molar-refractivity contribution in [3.8, 4) is 0 Å². The summed E-state index contributed by atoms with van der Waals surface area (Å²) in [5.74, 6) is -0.411. The van der Waals surface area contributed by atoms with Crippen LogP contribution in [0.3, 0.4) is 0 Å². The molecule has 0 radical (unpaired) electrons. The van der Waals surface area contributed by atoms with Crippen molar-refractivity contribution in [2.75, 3.05) is 5.75 Å². The van der Waals surface area contributed by atoms with Crippen LogP contribution in [0.5, 0.6) is 0 Å². The number of aliphatic carboxylic acids is 1. The molecule has 1 N–H and O–H groups in total. The summed E-state index contributed by atoms with van der Waals surface area (Å²) in [5.41, 5.74) is -0.947. The van der Waals surface area contributed by atoms with Gasteiger partial charge in [-0.15, -0.1) is 0 Å². The predicted molar refractivity (Wildman–Crippen MR) is 62.4 cm³/mol. The highest BCUT2D eigenvalue weighted by Gasteiger charge is 2.54. The number of carbonyl (C=O) groups is 2. The third-order valence-electron chi connectivity index (χ3n) is 3.34. The van der Waals surface area contributed by atoms with Crippen molar-refractivity contribution in [2.45, 2.75) is 49.9 Å². The second-order valence-electron chi connectivity index (χ2n) is 4.78. The summed E-state index contributed by atoms with van der Waals surface area (Å²) >= 11 is 1.65. The maximum absolute atomic E-state index is 11.7. The quantitative estimate of drug-likeness (QED) is 0.813. The Morgan fingerprint density at radius 3 is 2.38 bits per heavy atom. The SMILES string of the molecule is CC(=O)N(C1CC1)C1(C(=O)O)CSC(C)C1. The van der Waals surface area contributed by atoms with Crippen LogP contribution in [0.4, 0.5) is 0 Å². The van der Waals surface area contributed by atoms with Crippen LogP contribution >= 0.6 is 11.8 Å². The van der Waals surface area contributed by atoms with Crippen molar-refractivity contribution in [1.82, 2.24) is 4.90 Å². The number of amides is 1. The Balaban J connectivity index is 2.30. The van der Waals surface area contributed by atoms with E-state index in [-0.39, 0.29) is 11.9 Å². The van der Waals surface area contributed by atoms with Crippen LogP contribution in [0.15, 0.2) is 0 Å². The Labute approximate surface area is 99.4 Å². The fourth-order valence-electron chi connectivity index (χ4n) is 2.53. The molecule has 2 unspecified atom stereocenters. The second-order valence-corrected chi connectivity index (χ2v) is 6.21. The smallest absolute Gasteiger partial charge is 0.330 e. The van der Waals surface area contributed by atoms with Gasteiger partial charge >= 0.3 is 5.97 Å². The predicted octanol–water partition coefficient (Wildman–Crippen LogP) is 1.35. The molecule has 4 nitrogen and oxygen atoms in total. The van der Waals surface area contributed by atoms with Crippen molar-refractivity contribution in [2.24, 2.45) is 0 Å². The van der Waals surface area contributed by atoms with Crippen LogP contribution in [0.1, 0.15) is 33.1 Å². The highest BCUT2D eigenvalue weighted by atomic mass is 32.2. The van der Waals surface area contributed by atoms with E-state index < -0.39 is 11.5 Å². The number of rotatable bonds is 3. The summed E-state index contributed by atoms with van der Waals surface area (Å²) in [6, 6.07) is 0.166. The maximum Gasteiger partial charge on any atom is 0.330 e. The molecule has 0 aromatic rings. The van der Waals surface area contributed by atoms with Gasteiger partial charge in [0.15, 0.2) is 5.54 Å². The lowest BCUT2D eigenvalue weighted by Crippen LogP contribution is -2.58. The van der Waals surface area contributed by atoms with E-state index in [1.807, 2.05) is 6.92 Å². The lowest BCUT2D eigenvalue weighted by molar-refractivity contribution is -0.157. The molecule has 1 aliphatic heterocycles. The van der Waals surface area contributed by atoms with Crippen LogP contribution < -0.4 is 0 Å². The third-order valence-corrected chi connectivity index (χ3v) is 4.72. The van der Waals surface area contributed by atoms with Gasteiger partial charge in [-0.2, -0.15) is 11.8 Å². The van der Waals surface area contributed by atoms with Crippen LogP contribution in [0.2, 0.25) is 0 Å². The number of hydrogen-bond acceptors (Lipinski definition) is 3. The number of nitrogens with zero attached hydrogens (tertiary/aromatic N) is 1. The van der Waals surface area contributed by atoms with Gasteiger partial charge in [0.25, 0.3) is 0 Å². The lowest BCUT2D eigenvalue weighted by Gasteiger charge is -2.37. The molecule has 0 aromatic heterocycles. The first-order chi connectivity index (χ1) is 7.47. The summed E-state index contributed by atoms with van der Waals surface area (Å²) in [6.07, 6.45) is 2.48. The second kappa shape index (κ2) is 3.95. The van der Waals surface area contributed by atoms with E-state index in [0.29, 0.717) is 17.4 Å². The number of thioether (sulfide) groups is 1. The summed E-state index contributed by atoms with van der Waals surface area (Å²) in [6.45, 7) is 3.51. The van der Waals surface area contributed by atoms with E-state index in [2.05, 4.69) is 0 Å². The van der Waals surface area contributed by atoms with Gasteiger partial charge in [-0.1, -0.05) is 6.92 Å². The maximum atomic E-state index is 11.7. The van der Waals surface area contributed by atoms with E-state index in [1.165, 1.54) is 6.92 Å². The molecule has 1 aliphatic carbocycles. The van der Waals surface area contributed by atoms with Crippen molar-refractivity contribution in [3.63, 3.8) is 0 Å². The monoisotopic (exact) mass is 243 g/mol. The third kappa shape index (κ3) is 1.81. The molecule has 2 rings (SSSR count). The minimum Gasteiger partial charge on any atom is -0.479 e. The van der Waals surface area contributed by atoms with Crippen LogP contribution in [-0.4, -0.2) is 44.5 Å². The number of hydrogen-bond donors (Lipinski definition) is 1. The summed E-state index contributed by atoms with van der Waals surface area (Å²) in [5, 5.41) is 9.79. The van der Waals surface area contributed by atoms with Gasteiger partial charge in [-0.3, -0.25) is 4.79 Å². The van der Waals surface area contributed by atoms with Gasteiger partial charge in [0.05, 0.1) is 0 Å². The highest BCUT2D eigenvalue weighted by molar-refractivity contribution is 8.00. The first kappa shape index (κ1) is 11.8. The zero-order chi connectivity index (χ0) is 11.9. The van der Waals surface area contributed by atoms with Crippen molar-refractivity contribution < 1.29 is 14.7 Å². The van der Waals surface area contributed by atoms with E-state index in [0.717, 1.165) is 12.8 Å². The van der Waals surface area contributed by atoms with E-state index in [1.54, 1.807) is 16.7 Å². The van der Waals surface area contributed by atoms with Crippen molar-refractivity contribution >= 4 is 23.6 Å². The molecule has 2 aliphatic rings. The molecule has 0 aromatic carbocycles. The minimum absolute atomic E-state index is 0.0976. The number of carbonyl (C=O) groups excluding carboxylic acids is 1. The van der Waals surface area contributed by atoms with Crippen molar-refractivity contribution in [1.29, 1.82) is 0 Å². The van der Waals surface area contributed by atoms with Gasteiger partial charge in [0.2, 0.25) is 5.91 Å². The molecule has 0 spiro atoms.